The third-order valence-electron chi connectivity index (χ3n) is 3.19. The number of anilines is 1. The lowest BCUT2D eigenvalue weighted by atomic mass is 10.1. The fraction of sp³-hybridized carbons (Fsp3) is 0.250. The largest absolute Gasteiger partial charge is 0.366 e. The van der Waals surface area contributed by atoms with Crippen molar-refractivity contribution in [2.75, 3.05) is 19.4 Å². The van der Waals surface area contributed by atoms with Gasteiger partial charge < -0.3 is 10.2 Å². The molecule has 0 saturated heterocycles. The summed E-state index contributed by atoms with van der Waals surface area (Å²) in [6, 6.07) is 9.80. The Kier molecular flexibility index (Phi) is 4.96. The van der Waals surface area contributed by atoms with Crippen molar-refractivity contribution in [3.05, 3.63) is 57.7 Å². The number of nitrogens with zero attached hydrogens (tertiary/aromatic N) is 2. The maximum atomic E-state index is 11.8. The number of hydrogen-bond acceptors (Lipinski definition) is 3. The van der Waals surface area contributed by atoms with Gasteiger partial charge in [-0.3, -0.25) is 4.79 Å². The van der Waals surface area contributed by atoms with E-state index in [0.717, 1.165) is 10.3 Å². The van der Waals surface area contributed by atoms with Crippen LogP contribution in [-0.4, -0.2) is 29.9 Å². The molecule has 0 aliphatic heterocycles. The second kappa shape index (κ2) is 6.72. The summed E-state index contributed by atoms with van der Waals surface area (Å²) >= 11 is 3.48. The van der Waals surface area contributed by atoms with Gasteiger partial charge in [-0.05, 0) is 42.3 Å². The number of carbonyl (C=O) groups excluding carboxylic acids is 1. The molecule has 1 aromatic carbocycles. The molecule has 21 heavy (non-hydrogen) atoms. The molecular formula is C16H18BrN3O. The molecule has 1 heterocycles. The van der Waals surface area contributed by atoms with Crippen LogP contribution >= 0.6 is 15.9 Å². The third-order valence-corrected chi connectivity index (χ3v) is 3.68. The molecule has 1 N–H and O–H groups in total. The third kappa shape index (κ3) is 4.04. The molecule has 110 valence electrons. The predicted octanol–water partition coefficient (Wildman–Crippen LogP) is 3.47. The quantitative estimate of drug-likeness (QED) is 0.920. The van der Waals surface area contributed by atoms with Crippen molar-refractivity contribution in [2.24, 2.45) is 0 Å². The van der Waals surface area contributed by atoms with Gasteiger partial charge in [0.05, 0.1) is 5.56 Å². The number of aryl methyl sites for hydroxylation is 1. The number of rotatable bonds is 4. The van der Waals surface area contributed by atoms with E-state index in [1.807, 2.05) is 12.1 Å². The zero-order valence-corrected chi connectivity index (χ0v) is 13.9. The van der Waals surface area contributed by atoms with Crippen molar-refractivity contribution in [3.8, 4) is 0 Å². The van der Waals surface area contributed by atoms with E-state index in [1.54, 1.807) is 26.4 Å². The van der Waals surface area contributed by atoms with Crippen LogP contribution in [0.4, 0.5) is 5.82 Å². The minimum Gasteiger partial charge on any atom is -0.366 e. The van der Waals surface area contributed by atoms with E-state index in [4.69, 9.17) is 0 Å². The summed E-state index contributed by atoms with van der Waals surface area (Å²) in [6.45, 7) is 2.77. The topological polar surface area (TPSA) is 45.2 Å². The zero-order chi connectivity index (χ0) is 15.4. The van der Waals surface area contributed by atoms with Gasteiger partial charge in [-0.15, -0.1) is 0 Å². The first-order valence-electron chi connectivity index (χ1n) is 6.64. The molecule has 0 radical (unpaired) electrons. The molecule has 0 bridgehead atoms. The highest BCUT2D eigenvalue weighted by atomic mass is 79.9. The Hall–Kier alpha value is -1.88. The molecule has 0 saturated carbocycles. The minimum atomic E-state index is -0.0446. The SMILES string of the molecule is Cc1ccc(Br)cc1CNc1ccc(C(=O)N(C)C)cn1. The number of nitrogens with one attached hydrogen (secondary N) is 1. The Morgan fingerprint density at radius 2 is 2.05 bits per heavy atom. The molecule has 2 rings (SSSR count). The van der Waals surface area contributed by atoms with E-state index in [2.05, 4.69) is 45.3 Å². The molecule has 0 aliphatic rings. The first-order valence-corrected chi connectivity index (χ1v) is 7.43. The second-order valence-corrected chi connectivity index (χ2v) is 5.97. The van der Waals surface area contributed by atoms with Gasteiger partial charge in [-0.2, -0.15) is 0 Å². The van der Waals surface area contributed by atoms with Crippen molar-refractivity contribution in [1.29, 1.82) is 0 Å². The molecule has 4 nitrogen and oxygen atoms in total. The number of hydrogen-bond donors (Lipinski definition) is 1. The van der Waals surface area contributed by atoms with Crippen LogP contribution in [0, 0.1) is 6.92 Å². The van der Waals surface area contributed by atoms with Crippen LogP contribution in [0.2, 0.25) is 0 Å². The van der Waals surface area contributed by atoms with Crippen LogP contribution in [-0.2, 0) is 6.54 Å². The number of halogens is 1. The Morgan fingerprint density at radius 1 is 1.29 bits per heavy atom. The van der Waals surface area contributed by atoms with Crippen molar-refractivity contribution >= 4 is 27.7 Å². The standard InChI is InChI=1S/C16H18BrN3O/c1-11-4-6-14(17)8-13(11)10-19-15-7-5-12(9-18-15)16(21)20(2)3/h4-9H,10H2,1-3H3,(H,18,19). The Bertz CT molecular complexity index is 638. The van der Waals surface area contributed by atoms with Crippen LogP contribution in [0.1, 0.15) is 21.5 Å². The molecule has 2 aromatic rings. The number of pyridine rings is 1. The van der Waals surface area contributed by atoms with Crippen molar-refractivity contribution in [1.82, 2.24) is 9.88 Å². The molecule has 0 atom stereocenters. The molecule has 5 heteroatoms. The van der Waals surface area contributed by atoms with Crippen LogP contribution < -0.4 is 5.32 Å². The van der Waals surface area contributed by atoms with Gasteiger partial charge in [0.2, 0.25) is 0 Å². The number of aromatic nitrogens is 1. The molecule has 1 aromatic heterocycles. The predicted molar refractivity (Wildman–Crippen MR) is 88.5 cm³/mol. The maximum Gasteiger partial charge on any atom is 0.254 e. The summed E-state index contributed by atoms with van der Waals surface area (Å²) in [4.78, 5) is 17.6. The van der Waals surface area contributed by atoms with Gasteiger partial charge in [-0.1, -0.05) is 22.0 Å². The van der Waals surface area contributed by atoms with Crippen molar-refractivity contribution in [2.45, 2.75) is 13.5 Å². The first kappa shape index (κ1) is 15.5. The summed E-state index contributed by atoms with van der Waals surface area (Å²) < 4.78 is 1.06. The van der Waals surface area contributed by atoms with Crippen LogP contribution in [0.25, 0.3) is 0 Å². The van der Waals surface area contributed by atoms with E-state index in [-0.39, 0.29) is 5.91 Å². The maximum absolute atomic E-state index is 11.8. The lowest BCUT2D eigenvalue weighted by Gasteiger charge is -2.11. The Labute approximate surface area is 133 Å². The van der Waals surface area contributed by atoms with E-state index in [0.29, 0.717) is 12.1 Å². The lowest BCUT2D eigenvalue weighted by Crippen LogP contribution is -2.21. The number of amides is 1. The van der Waals surface area contributed by atoms with Crippen molar-refractivity contribution < 1.29 is 4.79 Å². The molecule has 0 fully saturated rings. The Balaban J connectivity index is 2.04. The average Bonchev–Trinajstić information content (AvgIpc) is 2.48. The van der Waals surface area contributed by atoms with Crippen molar-refractivity contribution in [3.63, 3.8) is 0 Å². The number of carbonyl (C=O) groups is 1. The van der Waals surface area contributed by atoms with E-state index >= 15 is 0 Å². The smallest absolute Gasteiger partial charge is 0.254 e. The fourth-order valence-corrected chi connectivity index (χ4v) is 2.31. The van der Waals surface area contributed by atoms with Gasteiger partial charge in [0.1, 0.15) is 5.82 Å². The highest BCUT2D eigenvalue weighted by Gasteiger charge is 2.08. The highest BCUT2D eigenvalue weighted by Crippen LogP contribution is 2.17. The summed E-state index contributed by atoms with van der Waals surface area (Å²) in [6.07, 6.45) is 1.60. The minimum absolute atomic E-state index is 0.0446. The van der Waals surface area contributed by atoms with E-state index < -0.39 is 0 Å². The Morgan fingerprint density at radius 3 is 2.67 bits per heavy atom. The zero-order valence-electron chi connectivity index (χ0n) is 12.4. The van der Waals surface area contributed by atoms with Gasteiger partial charge in [-0.25, -0.2) is 4.98 Å². The monoisotopic (exact) mass is 347 g/mol. The summed E-state index contributed by atoms with van der Waals surface area (Å²) in [5.41, 5.74) is 3.02. The summed E-state index contributed by atoms with van der Waals surface area (Å²) in [5, 5.41) is 3.27. The van der Waals surface area contributed by atoms with E-state index in [1.165, 1.54) is 16.0 Å². The summed E-state index contributed by atoms with van der Waals surface area (Å²) in [5.74, 6) is 0.710. The molecule has 0 unspecified atom stereocenters. The van der Waals surface area contributed by atoms with Crippen LogP contribution in [0.15, 0.2) is 41.0 Å². The highest BCUT2D eigenvalue weighted by molar-refractivity contribution is 9.10. The van der Waals surface area contributed by atoms with Crippen LogP contribution in [0.5, 0.6) is 0 Å². The van der Waals surface area contributed by atoms with Gasteiger partial charge in [0, 0.05) is 31.3 Å². The number of benzene rings is 1. The molecule has 1 amide bonds. The summed E-state index contributed by atoms with van der Waals surface area (Å²) in [7, 11) is 3.45. The average molecular weight is 348 g/mol. The molecule has 0 spiro atoms. The normalized spacial score (nSPS) is 10.3. The fourth-order valence-electron chi connectivity index (χ4n) is 1.90. The van der Waals surface area contributed by atoms with Gasteiger partial charge in [0.25, 0.3) is 5.91 Å². The molecular weight excluding hydrogens is 330 g/mol. The second-order valence-electron chi connectivity index (χ2n) is 5.06. The van der Waals surface area contributed by atoms with Gasteiger partial charge >= 0.3 is 0 Å². The lowest BCUT2D eigenvalue weighted by molar-refractivity contribution is 0.0827. The van der Waals surface area contributed by atoms with Gasteiger partial charge in [0.15, 0.2) is 0 Å². The molecule has 0 aliphatic carbocycles. The first-order chi connectivity index (χ1) is 9.97. The van der Waals surface area contributed by atoms with Crippen LogP contribution in [0.3, 0.4) is 0 Å². The van der Waals surface area contributed by atoms with E-state index in [9.17, 15) is 4.79 Å².